The van der Waals surface area contributed by atoms with Gasteiger partial charge in [0, 0.05) is 38.3 Å². The average molecular weight is 384 g/mol. The van der Waals surface area contributed by atoms with Gasteiger partial charge < -0.3 is 14.2 Å². The minimum Gasteiger partial charge on any atom is -0.455 e. The summed E-state index contributed by atoms with van der Waals surface area (Å²) in [6, 6.07) is 14.2. The van der Waals surface area contributed by atoms with E-state index in [4.69, 9.17) is 4.42 Å². The van der Waals surface area contributed by atoms with Gasteiger partial charge >= 0.3 is 0 Å². The third-order valence-corrected chi connectivity index (χ3v) is 5.49. The monoisotopic (exact) mass is 383 g/mol. The lowest BCUT2D eigenvalue weighted by molar-refractivity contribution is 0.0604. The highest BCUT2D eigenvalue weighted by atomic mass is 16.4. The van der Waals surface area contributed by atoms with Crippen molar-refractivity contribution in [2.24, 2.45) is 0 Å². The molecular weight excluding hydrogens is 350 g/mol. The highest BCUT2D eigenvalue weighted by Gasteiger charge is 2.26. The standard InChI is InChI=1S/C23H33N3O2/c1-5-24-13-15-25(16-14-24)22(27)21-12-11-20(28-21)18-26(23(2,3)4)17-19-9-7-6-8-10-19/h6-12H,5,13-18H2,1-4H3. The fourth-order valence-electron chi connectivity index (χ4n) is 3.52. The van der Waals surface area contributed by atoms with Crippen molar-refractivity contribution in [1.82, 2.24) is 14.7 Å². The highest BCUT2D eigenvalue weighted by molar-refractivity contribution is 5.91. The number of benzene rings is 1. The molecule has 0 saturated carbocycles. The van der Waals surface area contributed by atoms with Crippen LogP contribution in [0, 0.1) is 0 Å². The Morgan fingerprint density at radius 2 is 1.68 bits per heavy atom. The summed E-state index contributed by atoms with van der Waals surface area (Å²) in [5.41, 5.74) is 1.26. The van der Waals surface area contributed by atoms with E-state index < -0.39 is 0 Å². The molecule has 1 aliphatic heterocycles. The highest BCUT2D eigenvalue weighted by Crippen LogP contribution is 2.22. The summed E-state index contributed by atoms with van der Waals surface area (Å²) in [5, 5.41) is 0. The van der Waals surface area contributed by atoms with E-state index in [2.05, 4.69) is 61.8 Å². The van der Waals surface area contributed by atoms with Crippen LogP contribution in [0.3, 0.4) is 0 Å². The maximum Gasteiger partial charge on any atom is 0.289 e. The Morgan fingerprint density at radius 3 is 2.29 bits per heavy atom. The molecule has 28 heavy (non-hydrogen) atoms. The van der Waals surface area contributed by atoms with Gasteiger partial charge in [-0.2, -0.15) is 0 Å². The second kappa shape index (κ2) is 8.93. The maximum atomic E-state index is 12.8. The summed E-state index contributed by atoms with van der Waals surface area (Å²) < 4.78 is 5.97. The summed E-state index contributed by atoms with van der Waals surface area (Å²) in [6.45, 7) is 14.7. The van der Waals surface area contributed by atoms with Crippen molar-refractivity contribution < 1.29 is 9.21 Å². The van der Waals surface area contributed by atoms with Crippen LogP contribution in [0.2, 0.25) is 0 Å². The smallest absolute Gasteiger partial charge is 0.289 e. The van der Waals surface area contributed by atoms with Gasteiger partial charge in [-0.25, -0.2) is 0 Å². The van der Waals surface area contributed by atoms with E-state index in [1.165, 1.54) is 5.56 Å². The zero-order valence-electron chi connectivity index (χ0n) is 17.6. The molecule has 0 unspecified atom stereocenters. The molecule has 0 atom stereocenters. The molecule has 0 radical (unpaired) electrons. The van der Waals surface area contributed by atoms with Crippen LogP contribution in [-0.4, -0.2) is 58.9 Å². The van der Waals surface area contributed by atoms with E-state index in [1.807, 2.05) is 23.1 Å². The molecule has 1 aromatic heterocycles. The molecule has 1 fully saturated rings. The van der Waals surface area contributed by atoms with Gasteiger partial charge in [0.25, 0.3) is 5.91 Å². The second-order valence-electron chi connectivity index (χ2n) is 8.50. The lowest BCUT2D eigenvalue weighted by atomic mass is 10.0. The summed E-state index contributed by atoms with van der Waals surface area (Å²) in [7, 11) is 0. The number of carbonyl (C=O) groups is 1. The van der Waals surface area contributed by atoms with Gasteiger partial charge in [-0.3, -0.25) is 9.69 Å². The lowest BCUT2D eigenvalue weighted by Crippen LogP contribution is -2.48. The average Bonchev–Trinajstić information content (AvgIpc) is 3.16. The van der Waals surface area contributed by atoms with E-state index in [1.54, 1.807) is 0 Å². The molecule has 152 valence electrons. The molecule has 1 aromatic carbocycles. The molecule has 0 bridgehead atoms. The molecule has 0 aliphatic carbocycles. The number of hydrogen-bond donors (Lipinski definition) is 0. The Morgan fingerprint density at radius 1 is 1.00 bits per heavy atom. The first kappa shape index (κ1) is 20.6. The predicted molar refractivity (Wildman–Crippen MR) is 112 cm³/mol. The number of amides is 1. The number of carbonyl (C=O) groups excluding carboxylic acids is 1. The molecule has 2 heterocycles. The second-order valence-corrected chi connectivity index (χ2v) is 8.50. The van der Waals surface area contributed by atoms with E-state index in [0.717, 1.165) is 45.0 Å². The van der Waals surface area contributed by atoms with Gasteiger partial charge in [-0.1, -0.05) is 37.3 Å². The summed E-state index contributed by atoms with van der Waals surface area (Å²) >= 11 is 0. The summed E-state index contributed by atoms with van der Waals surface area (Å²) in [6.07, 6.45) is 0. The molecular formula is C23H33N3O2. The van der Waals surface area contributed by atoms with Crippen molar-refractivity contribution >= 4 is 5.91 Å². The zero-order valence-corrected chi connectivity index (χ0v) is 17.6. The van der Waals surface area contributed by atoms with Gasteiger partial charge in [-0.05, 0) is 45.0 Å². The summed E-state index contributed by atoms with van der Waals surface area (Å²) in [4.78, 5) is 19.4. The maximum absolute atomic E-state index is 12.8. The predicted octanol–water partition coefficient (Wildman–Crippen LogP) is 3.86. The quantitative estimate of drug-likeness (QED) is 0.759. The minimum atomic E-state index is -0.0106. The Kier molecular flexibility index (Phi) is 6.57. The minimum absolute atomic E-state index is 0.00683. The number of rotatable bonds is 6. The van der Waals surface area contributed by atoms with Gasteiger partial charge in [0.2, 0.25) is 0 Å². The number of hydrogen-bond acceptors (Lipinski definition) is 4. The number of piperazine rings is 1. The van der Waals surface area contributed by atoms with Gasteiger partial charge in [-0.15, -0.1) is 0 Å². The molecule has 0 N–H and O–H groups in total. The molecule has 1 amide bonds. The van der Waals surface area contributed by atoms with Crippen molar-refractivity contribution in [3.05, 3.63) is 59.5 Å². The van der Waals surface area contributed by atoms with Gasteiger partial charge in [0.1, 0.15) is 5.76 Å². The Labute approximate surface area is 168 Å². The topological polar surface area (TPSA) is 39.9 Å². The van der Waals surface area contributed by atoms with Crippen LogP contribution in [0.25, 0.3) is 0 Å². The van der Waals surface area contributed by atoms with E-state index in [-0.39, 0.29) is 11.4 Å². The molecule has 0 spiro atoms. The molecule has 1 saturated heterocycles. The van der Waals surface area contributed by atoms with Crippen LogP contribution in [0.5, 0.6) is 0 Å². The fraction of sp³-hybridized carbons (Fsp3) is 0.522. The number of furan rings is 1. The van der Waals surface area contributed by atoms with Crippen LogP contribution >= 0.6 is 0 Å². The zero-order chi connectivity index (χ0) is 20.1. The van der Waals surface area contributed by atoms with Crippen molar-refractivity contribution in [3.63, 3.8) is 0 Å². The van der Waals surface area contributed by atoms with Crippen LogP contribution in [0.4, 0.5) is 0 Å². The molecule has 3 rings (SSSR count). The van der Waals surface area contributed by atoms with Crippen molar-refractivity contribution in [2.45, 2.75) is 46.3 Å². The summed E-state index contributed by atoms with van der Waals surface area (Å²) in [5.74, 6) is 1.29. The van der Waals surface area contributed by atoms with E-state index in [0.29, 0.717) is 12.3 Å². The molecule has 2 aromatic rings. The molecule has 5 nitrogen and oxygen atoms in total. The largest absolute Gasteiger partial charge is 0.455 e. The first-order chi connectivity index (χ1) is 13.4. The third-order valence-electron chi connectivity index (χ3n) is 5.49. The number of nitrogens with zero attached hydrogens (tertiary/aromatic N) is 3. The first-order valence-electron chi connectivity index (χ1n) is 10.3. The lowest BCUT2D eigenvalue weighted by Gasteiger charge is -2.35. The van der Waals surface area contributed by atoms with Gasteiger partial charge in [0.15, 0.2) is 5.76 Å². The third kappa shape index (κ3) is 5.24. The fourth-order valence-corrected chi connectivity index (χ4v) is 3.52. The van der Waals surface area contributed by atoms with Crippen molar-refractivity contribution in [3.8, 4) is 0 Å². The Bertz CT molecular complexity index is 756. The van der Waals surface area contributed by atoms with Crippen molar-refractivity contribution in [1.29, 1.82) is 0 Å². The first-order valence-corrected chi connectivity index (χ1v) is 10.3. The number of likely N-dealkylation sites (N-methyl/N-ethyl adjacent to an activating group) is 1. The molecule has 5 heteroatoms. The SMILES string of the molecule is CCN1CCN(C(=O)c2ccc(CN(Cc3ccccc3)C(C)(C)C)o2)CC1. The van der Waals surface area contributed by atoms with E-state index in [9.17, 15) is 4.79 Å². The van der Waals surface area contributed by atoms with E-state index >= 15 is 0 Å². The Balaban J connectivity index is 1.65. The van der Waals surface area contributed by atoms with Crippen LogP contribution < -0.4 is 0 Å². The van der Waals surface area contributed by atoms with Crippen molar-refractivity contribution in [2.75, 3.05) is 32.7 Å². The molecule has 1 aliphatic rings. The van der Waals surface area contributed by atoms with Crippen LogP contribution in [0.1, 0.15) is 49.6 Å². The van der Waals surface area contributed by atoms with Crippen LogP contribution in [-0.2, 0) is 13.1 Å². The normalized spacial score (nSPS) is 16.0. The Hall–Kier alpha value is -2.11. The van der Waals surface area contributed by atoms with Crippen LogP contribution in [0.15, 0.2) is 46.9 Å². The van der Waals surface area contributed by atoms with Gasteiger partial charge in [0.05, 0.1) is 6.54 Å².